The monoisotopic (exact) mass is 468 g/mol. The molecule has 2 aromatic carbocycles. The first-order chi connectivity index (χ1) is 14.0. The summed E-state index contributed by atoms with van der Waals surface area (Å²) < 4.78 is 0.997. The van der Waals surface area contributed by atoms with Gasteiger partial charge < -0.3 is 16.0 Å². The molecule has 3 heterocycles. The van der Waals surface area contributed by atoms with Crippen molar-refractivity contribution < 1.29 is 9.59 Å². The van der Waals surface area contributed by atoms with Crippen LogP contribution in [0.3, 0.4) is 0 Å². The number of carbonyl (C=O) groups is 2. The molecule has 0 aliphatic carbocycles. The van der Waals surface area contributed by atoms with Crippen LogP contribution in [0.2, 0.25) is 0 Å². The predicted molar refractivity (Wildman–Crippen MR) is 120 cm³/mol. The number of benzene rings is 2. The maximum atomic E-state index is 12.1. The van der Waals surface area contributed by atoms with Crippen molar-refractivity contribution in [3.8, 4) is 11.1 Å². The second-order valence-corrected chi connectivity index (χ2v) is 8.93. The SMILES string of the molecule is CC(=O)NCCc1c2c(c3nccc4c3c1Nc1cc(Br)ccc1-4)NC(=O)CS2. The van der Waals surface area contributed by atoms with Crippen LogP contribution in [0.1, 0.15) is 12.5 Å². The standard InChI is InChI=1S/C21H17BrN4O2S/c1-10(27)23-6-5-14-18-17-13(12-3-2-11(22)8-15(12)25-18)4-7-24-19(17)20-21(14)29-9-16(28)26-20/h2-4,7-8,25H,5-6,9H2,1H3,(H,23,27)(H,26,28). The molecule has 146 valence electrons. The van der Waals surface area contributed by atoms with Gasteiger partial charge in [-0.15, -0.1) is 11.8 Å². The summed E-state index contributed by atoms with van der Waals surface area (Å²) in [6.45, 7) is 2.04. The summed E-state index contributed by atoms with van der Waals surface area (Å²) >= 11 is 5.09. The number of nitrogens with one attached hydrogen (secondary N) is 3. The number of halogens is 1. The third-order valence-electron chi connectivity index (χ3n) is 5.13. The van der Waals surface area contributed by atoms with E-state index in [0.717, 1.165) is 54.0 Å². The Labute approximate surface area is 180 Å². The molecule has 2 amide bonds. The van der Waals surface area contributed by atoms with E-state index in [4.69, 9.17) is 0 Å². The Kier molecular flexibility index (Phi) is 4.48. The van der Waals surface area contributed by atoms with E-state index in [2.05, 4.69) is 49.0 Å². The zero-order valence-corrected chi connectivity index (χ0v) is 18.0. The maximum absolute atomic E-state index is 12.1. The quantitative estimate of drug-likeness (QED) is 0.413. The molecule has 2 aliphatic rings. The molecule has 3 aromatic rings. The zero-order chi connectivity index (χ0) is 20.1. The van der Waals surface area contributed by atoms with Crippen LogP contribution in [-0.4, -0.2) is 29.1 Å². The summed E-state index contributed by atoms with van der Waals surface area (Å²) in [5.41, 5.74) is 6.84. The summed E-state index contributed by atoms with van der Waals surface area (Å²) in [6.07, 6.45) is 2.45. The van der Waals surface area contributed by atoms with E-state index in [1.807, 2.05) is 12.1 Å². The van der Waals surface area contributed by atoms with Gasteiger partial charge in [0.15, 0.2) is 0 Å². The fourth-order valence-electron chi connectivity index (χ4n) is 3.97. The lowest BCUT2D eigenvalue weighted by Crippen LogP contribution is -2.25. The highest BCUT2D eigenvalue weighted by Gasteiger charge is 2.29. The number of fused-ring (bicyclic) bond motifs is 4. The summed E-state index contributed by atoms with van der Waals surface area (Å²) in [7, 11) is 0. The molecule has 0 saturated carbocycles. The molecule has 0 unspecified atom stereocenters. The van der Waals surface area contributed by atoms with Gasteiger partial charge in [0.2, 0.25) is 11.8 Å². The van der Waals surface area contributed by atoms with Gasteiger partial charge in [-0.2, -0.15) is 0 Å². The van der Waals surface area contributed by atoms with Crippen molar-refractivity contribution in [2.24, 2.45) is 0 Å². The number of pyridine rings is 1. The molecule has 0 atom stereocenters. The molecule has 0 bridgehead atoms. The number of aromatic nitrogens is 1. The minimum absolute atomic E-state index is 0.0223. The molecule has 0 spiro atoms. The predicted octanol–water partition coefficient (Wildman–Crippen LogP) is 4.44. The zero-order valence-electron chi connectivity index (χ0n) is 15.6. The summed E-state index contributed by atoms with van der Waals surface area (Å²) in [6, 6.07) is 8.18. The molecular formula is C21H17BrN4O2S. The Balaban J connectivity index is 1.79. The first-order valence-electron chi connectivity index (χ1n) is 9.24. The van der Waals surface area contributed by atoms with Crippen molar-refractivity contribution in [1.29, 1.82) is 0 Å². The van der Waals surface area contributed by atoms with Crippen LogP contribution in [0.15, 0.2) is 39.8 Å². The Bertz CT molecular complexity index is 1210. The lowest BCUT2D eigenvalue weighted by atomic mass is 9.91. The van der Waals surface area contributed by atoms with Crippen molar-refractivity contribution in [2.45, 2.75) is 18.2 Å². The van der Waals surface area contributed by atoms with Crippen molar-refractivity contribution in [3.63, 3.8) is 0 Å². The third-order valence-corrected chi connectivity index (χ3v) is 6.77. The number of rotatable bonds is 3. The van der Waals surface area contributed by atoms with Gasteiger partial charge >= 0.3 is 0 Å². The second-order valence-electron chi connectivity index (χ2n) is 7.02. The molecule has 5 rings (SSSR count). The van der Waals surface area contributed by atoms with E-state index in [1.165, 1.54) is 18.7 Å². The molecule has 3 N–H and O–H groups in total. The Morgan fingerprint density at radius 2 is 2.10 bits per heavy atom. The molecule has 2 aliphatic heterocycles. The molecule has 1 aromatic heterocycles. The number of nitrogens with zero attached hydrogens (tertiary/aromatic N) is 1. The molecule has 6 nitrogen and oxygen atoms in total. The average Bonchev–Trinajstić information content (AvgIpc) is 2.69. The Morgan fingerprint density at radius 3 is 2.93 bits per heavy atom. The van der Waals surface area contributed by atoms with Crippen LogP contribution < -0.4 is 16.0 Å². The molecule has 0 saturated heterocycles. The van der Waals surface area contributed by atoms with Crippen LogP contribution in [0.4, 0.5) is 17.1 Å². The lowest BCUT2D eigenvalue weighted by molar-refractivity contribution is -0.119. The summed E-state index contributed by atoms with van der Waals surface area (Å²) in [5.74, 6) is 0.289. The largest absolute Gasteiger partial charge is 0.356 e. The third kappa shape index (κ3) is 3.07. The van der Waals surface area contributed by atoms with Gasteiger partial charge in [0, 0.05) is 45.7 Å². The smallest absolute Gasteiger partial charge is 0.234 e. The highest BCUT2D eigenvalue weighted by Crippen LogP contribution is 2.51. The normalized spacial score (nSPS) is 13.9. The van der Waals surface area contributed by atoms with E-state index in [1.54, 1.807) is 6.20 Å². The fraction of sp³-hybridized carbons (Fsp3) is 0.190. The summed E-state index contributed by atoms with van der Waals surface area (Å²) in [5, 5.41) is 10.5. The van der Waals surface area contributed by atoms with E-state index in [-0.39, 0.29) is 11.8 Å². The van der Waals surface area contributed by atoms with E-state index in [0.29, 0.717) is 18.7 Å². The second kappa shape index (κ2) is 7.03. The van der Waals surface area contributed by atoms with Crippen LogP contribution in [-0.2, 0) is 16.0 Å². The van der Waals surface area contributed by atoms with Gasteiger partial charge in [0.25, 0.3) is 0 Å². The summed E-state index contributed by atoms with van der Waals surface area (Å²) in [4.78, 5) is 29.2. The van der Waals surface area contributed by atoms with Crippen molar-refractivity contribution in [2.75, 3.05) is 22.9 Å². The van der Waals surface area contributed by atoms with E-state index < -0.39 is 0 Å². The number of carbonyl (C=O) groups excluding carboxylic acids is 2. The minimum Gasteiger partial charge on any atom is -0.356 e. The maximum Gasteiger partial charge on any atom is 0.234 e. The highest BCUT2D eigenvalue weighted by molar-refractivity contribution is 9.10. The van der Waals surface area contributed by atoms with Crippen LogP contribution >= 0.6 is 27.7 Å². The van der Waals surface area contributed by atoms with Crippen LogP contribution in [0, 0.1) is 0 Å². The van der Waals surface area contributed by atoms with Crippen molar-refractivity contribution in [3.05, 3.63) is 40.5 Å². The molecular weight excluding hydrogens is 452 g/mol. The highest BCUT2D eigenvalue weighted by atomic mass is 79.9. The van der Waals surface area contributed by atoms with Crippen LogP contribution in [0.5, 0.6) is 0 Å². The van der Waals surface area contributed by atoms with Gasteiger partial charge in [-0.3, -0.25) is 14.6 Å². The first kappa shape index (κ1) is 18.4. The van der Waals surface area contributed by atoms with Crippen molar-refractivity contribution in [1.82, 2.24) is 10.3 Å². The van der Waals surface area contributed by atoms with E-state index in [9.17, 15) is 9.59 Å². The van der Waals surface area contributed by atoms with Crippen molar-refractivity contribution >= 4 is 67.5 Å². The number of amides is 2. The Morgan fingerprint density at radius 1 is 1.24 bits per heavy atom. The number of hydrogen-bond donors (Lipinski definition) is 3. The van der Waals surface area contributed by atoms with E-state index >= 15 is 0 Å². The molecule has 0 radical (unpaired) electrons. The average molecular weight is 469 g/mol. The minimum atomic E-state index is -0.0566. The molecule has 8 heteroatoms. The topological polar surface area (TPSA) is 83.1 Å². The first-order valence-corrected chi connectivity index (χ1v) is 11.0. The van der Waals surface area contributed by atoms with Gasteiger partial charge in [0.05, 0.1) is 22.6 Å². The Hall–Kier alpha value is -2.58. The molecule has 29 heavy (non-hydrogen) atoms. The van der Waals surface area contributed by atoms with Gasteiger partial charge in [-0.05, 0) is 35.7 Å². The van der Waals surface area contributed by atoms with Gasteiger partial charge in [-0.1, -0.05) is 22.0 Å². The number of thioether (sulfide) groups is 1. The van der Waals surface area contributed by atoms with Gasteiger partial charge in [-0.25, -0.2) is 0 Å². The molecule has 0 fully saturated rings. The fourth-order valence-corrected chi connectivity index (χ4v) is 5.35. The van der Waals surface area contributed by atoms with Crippen LogP contribution in [0.25, 0.3) is 22.0 Å². The van der Waals surface area contributed by atoms with Gasteiger partial charge in [0.1, 0.15) is 0 Å². The lowest BCUT2D eigenvalue weighted by Gasteiger charge is -2.29. The number of hydrogen-bond acceptors (Lipinski definition) is 5. The number of anilines is 3.